The van der Waals surface area contributed by atoms with Crippen LogP contribution < -0.4 is 0 Å². The summed E-state index contributed by atoms with van der Waals surface area (Å²) in [6.45, 7) is 4.40. The molecular formula is C12H26O5. The van der Waals surface area contributed by atoms with Crippen LogP contribution in [0.15, 0.2) is 0 Å². The predicted molar refractivity (Wildman–Crippen MR) is 64.1 cm³/mol. The van der Waals surface area contributed by atoms with Crippen LogP contribution in [0.25, 0.3) is 0 Å². The van der Waals surface area contributed by atoms with Crippen molar-refractivity contribution >= 4 is 0 Å². The minimum Gasteiger partial charge on any atom is -0.380 e. The van der Waals surface area contributed by atoms with E-state index in [1.165, 1.54) is 0 Å². The molecule has 0 aromatic heterocycles. The van der Waals surface area contributed by atoms with E-state index in [1.807, 2.05) is 13.8 Å². The number of rotatable bonds is 10. The molecule has 0 bridgehead atoms. The molecule has 4 N–H and O–H groups in total. The largest absolute Gasteiger partial charge is 0.380 e. The molecule has 0 aliphatic rings. The van der Waals surface area contributed by atoms with Crippen molar-refractivity contribution in [1.82, 2.24) is 0 Å². The molecule has 0 aliphatic heterocycles. The van der Waals surface area contributed by atoms with E-state index in [0.29, 0.717) is 12.8 Å². The minimum absolute atomic E-state index is 0.235. The zero-order valence-electron chi connectivity index (χ0n) is 10.7. The Bertz CT molecular complexity index is 154. The molecule has 5 nitrogen and oxygen atoms in total. The van der Waals surface area contributed by atoms with E-state index in [4.69, 9.17) is 25.2 Å². The number of aliphatic hydroxyl groups excluding tert-OH is 2. The van der Waals surface area contributed by atoms with Crippen LogP contribution in [-0.2, 0) is 4.74 Å². The molecule has 17 heavy (non-hydrogen) atoms. The van der Waals surface area contributed by atoms with E-state index in [2.05, 4.69) is 0 Å². The zero-order chi connectivity index (χ0) is 13.3. The third-order valence-corrected chi connectivity index (χ3v) is 2.83. The molecule has 0 radical (unpaired) electrons. The Morgan fingerprint density at radius 2 is 1.12 bits per heavy atom. The van der Waals surface area contributed by atoms with Crippen molar-refractivity contribution in [2.24, 2.45) is 11.8 Å². The first kappa shape index (κ1) is 16.8. The molecule has 0 aliphatic carbocycles. The first-order valence-corrected chi connectivity index (χ1v) is 6.32. The van der Waals surface area contributed by atoms with Gasteiger partial charge < -0.3 is 25.2 Å². The average Bonchev–Trinajstić information content (AvgIpc) is 2.26. The standard InChI is InChI=1S/C12H26O5/c1-3-5-9(11(13)14)7-17-8-10(6-4-2)12(15)16/h9-16H,3-8H2,1-2H3. The summed E-state index contributed by atoms with van der Waals surface area (Å²) < 4.78 is 5.35. The van der Waals surface area contributed by atoms with Gasteiger partial charge in [0.25, 0.3) is 0 Å². The fourth-order valence-corrected chi connectivity index (χ4v) is 1.75. The topological polar surface area (TPSA) is 90.2 Å². The van der Waals surface area contributed by atoms with Crippen LogP contribution in [0, 0.1) is 11.8 Å². The molecule has 0 aromatic rings. The van der Waals surface area contributed by atoms with Crippen LogP contribution in [0.2, 0.25) is 0 Å². The highest BCUT2D eigenvalue weighted by atomic mass is 16.5. The molecule has 0 amide bonds. The second-order valence-electron chi connectivity index (χ2n) is 4.46. The normalized spacial score (nSPS) is 15.5. The van der Waals surface area contributed by atoms with Crippen molar-refractivity contribution in [2.75, 3.05) is 13.2 Å². The van der Waals surface area contributed by atoms with Gasteiger partial charge in [-0.3, -0.25) is 0 Å². The second kappa shape index (κ2) is 9.79. The molecule has 0 rings (SSSR count). The summed E-state index contributed by atoms with van der Waals surface area (Å²) in [6.07, 6.45) is 0.312. The van der Waals surface area contributed by atoms with Crippen molar-refractivity contribution in [1.29, 1.82) is 0 Å². The van der Waals surface area contributed by atoms with Crippen molar-refractivity contribution in [3.8, 4) is 0 Å². The average molecular weight is 250 g/mol. The lowest BCUT2D eigenvalue weighted by molar-refractivity contribution is -0.130. The summed E-state index contributed by atoms with van der Waals surface area (Å²) in [5.74, 6) is -0.615. The smallest absolute Gasteiger partial charge is 0.156 e. The van der Waals surface area contributed by atoms with Gasteiger partial charge in [0.1, 0.15) is 0 Å². The number of ether oxygens (including phenoxy) is 1. The Hall–Kier alpha value is -0.200. The van der Waals surface area contributed by atoms with Gasteiger partial charge >= 0.3 is 0 Å². The van der Waals surface area contributed by atoms with Crippen LogP contribution >= 0.6 is 0 Å². The first-order valence-electron chi connectivity index (χ1n) is 6.32. The molecule has 0 fully saturated rings. The monoisotopic (exact) mass is 250 g/mol. The molecule has 0 aromatic carbocycles. The summed E-state index contributed by atoms with van der Waals surface area (Å²) in [5.41, 5.74) is 0. The number of hydrogen-bond donors (Lipinski definition) is 4. The van der Waals surface area contributed by atoms with Gasteiger partial charge in [0.05, 0.1) is 13.2 Å². The number of hydrogen-bond acceptors (Lipinski definition) is 5. The first-order chi connectivity index (χ1) is 8.02. The highest BCUT2D eigenvalue weighted by Gasteiger charge is 2.19. The molecule has 2 atom stereocenters. The molecule has 104 valence electrons. The molecule has 5 heteroatoms. The van der Waals surface area contributed by atoms with Crippen LogP contribution in [0.4, 0.5) is 0 Å². The second-order valence-corrected chi connectivity index (χ2v) is 4.46. The lowest BCUT2D eigenvalue weighted by Gasteiger charge is -2.22. The van der Waals surface area contributed by atoms with Gasteiger partial charge in [-0.05, 0) is 12.8 Å². The van der Waals surface area contributed by atoms with Crippen LogP contribution in [0.3, 0.4) is 0 Å². The predicted octanol–water partition coefficient (Wildman–Crippen LogP) is 0.457. The SMILES string of the molecule is CCCC(COCC(CCC)C(O)O)C(O)O. The van der Waals surface area contributed by atoms with Gasteiger partial charge in [0, 0.05) is 11.8 Å². The van der Waals surface area contributed by atoms with Gasteiger partial charge in [0.2, 0.25) is 0 Å². The highest BCUT2D eigenvalue weighted by molar-refractivity contribution is 4.62. The Kier molecular flexibility index (Phi) is 9.68. The molecule has 0 saturated carbocycles. The maximum Gasteiger partial charge on any atom is 0.156 e. The lowest BCUT2D eigenvalue weighted by Crippen LogP contribution is -2.29. The maximum absolute atomic E-state index is 9.10. The fourth-order valence-electron chi connectivity index (χ4n) is 1.75. The zero-order valence-corrected chi connectivity index (χ0v) is 10.7. The lowest BCUT2D eigenvalue weighted by atomic mass is 10.0. The van der Waals surface area contributed by atoms with Crippen LogP contribution in [0.1, 0.15) is 39.5 Å². The molecule has 0 saturated heterocycles. The van der Waals surface area contributed by atoms with E-state index in [1.54, 1.807) is 0 Å². The van der Waals surface area contributed by atoms with Crippen LogP contribution in [0.5, 0.6) is 0 Å². The molecule has 2 unspecified atom stereocenters. The van der Waals surface area contributed by atoms with E-state index in [9.17, 15) is 0 Å². The third-order valence-electron chi connectivity index (χ3n) is 2.83. The minimum atomic E-state index is -1.38. The van der Waals surface area contributed by atoms with E-state index < -0.39 is 12.6 Å². The van der Waals surface area contributed by atoms with Crippen molar-refractivity contribution in [3.63, 3.8) is 0 Å². The molecule has 0 spiro atoms. The van der Waals surface area contributed by atoms with Gasteiger partial charge in [-0.2, -0.15) is 0 Å². The van der Waals surface area contributed by atoms with Gasteiger partial charge in [-0.1, -0.05) is 26.7 Å². The van der Waals surface area contributed by atoms with Crippen molar-refractivity contribution in [2.45, 2.75) is 52.1 Å². The maximum atomic E-state index is 9.10. The Morgan fingerprint density at radius 1 is 0.765 bits per heavy atom. The molecular weight excluding hydrogens is 224 g/mol. The van der Waals surface area contributed by atoms with E-state index >= 15 is 0 Å². The molecule has 0 heterocycles. The quantitative estimate of drug-likeness (QED) is 0.423. The van der Waals surface area contributed by atoms with Gasteiger partial charge in [-0.15, -0.1) is 0 Å². The summed E-state index contributed by atoms with van der Waals surface area (Å²) in [5, 5.41) is 36.4. The summed E-state index contributed by atoms with van der Waals surface area (Å²) in [4.78, 5) is 0. The van der Waals surface area contributed by atoms with Gasteiger partial charge in [0.15, 0.2) is 12.6 Å². The number of aliphatic hydroxyl groups is 4. The summed E-state index contributed by atoms with van der Waals surface area (Å²) in [7, 11) is 0. The van der Waals surface area contributed by atoms with Gasteiger partial charge in [-0.25, -0.2) is 0 Å². The van der Waals surface area contributed by atoms with E-state index in [-0.39, 0.29) is 25.0 Å². The Labute approximate surface area is 103 Å². The summed E-state index contributed by atoms with van der Waals surface area (Å²) in [6, 6.07) is 0. The highest BCUT2D eigenvalue weighted by Crippen LogP contribution is 2.14. The Balaban J connectivity index is 3.91. The summed E-state index contributed by atoms with van der Waals surface area (Å²) >= 11 is 0. The fraction of sp³-hybridized carbons (Fsp3) is 1.00. The van der Waals surface area contributed by atoms with Crippen molar-refractivity contribution in [3.05, 3.63) is 0 Å². The van der Waals surface area contributed by atoms with Crippen LogP contribution in [-0.4, -0.2) is 46.2 Å². The Morgan fingerprint density at radius 3 is 1.35 bits per heavy atom. The van der Waals surface area contributed by atoms with Crippen molar-refractivity contribution < 1.29 is 25.2 Å². The van der Waals surface area contributed by atoms with E-state index in [0.717, 1.165) is 12.8 Å². The third kappa shape index (κ3) is 7.68.